The molecule has 1 aromatic carbocycles. The molecule has 2 aromatic rings. The smallest absolute Gasteiger partial charge is 0.182 e. The number of rotatable bonds is 8. The molecule has 21 heavy (non-hydrogen) atoms. The first-order chi connectivity index (χ1) is 10.3. The molecule has 0 amide bonds. The molecule has 0 aliphatic heterocycles. The summed E-state index contributed by atoms with van der Waals surface area (Å²) in [6.45, 7) is 3.95. The van der Waals surface area contributed by atoms with Crippen molar-refractivity contribution in [3.05, 3.63) is 18.2 Å². The molecular weight excluding hydrogens is 270 g/mol. The fourth-order valence-corrected chi connectivity index (χ4v) is 2.05. The van der Waals surface area contributed by atoms with E-state index in [0.29, 0.717) is 30.5 Å². The van der Waals surface area contributed by atoms with Gasteiger partial charge in [-0.1, -0.05) is 0 Å². The van der Waals surface area contributed by atoms with Crippen LogP contribution in [0.3, 0.4) is 0 Å². The van der Waals surface area contributed by atoms with Crippen molar-refractivity contribution in [2.75, 3.05) is 20.3 Å². The number of unbranched alkanes of at least 4 members (excludes halogenated alkanes) is 1. The summed E-state index contributed by atoms with van der Waals surface area (Å²) < 4.78 is 12.7. The molecule has 2 rings (SSSR count). The van der Waals surface area contributed by atoms with E-state index in [2.05, 4.69) is 15.5 Å². The second-order valence-corrected chi connectivity index (χ2v) is 4.52. The summed E-state index contributed by atoms with van der Waals surface area (Å²) in [5, 5.41) is 11.9. The highest BCUT2D eigenvalue weighted by atomic mass is 16.5. The standard InChI is InChI=1S/C14H21N5O2/c1-3-21-12-7-6-11(10-13(12)20-2)14-16-17-18-19(14)9-5-4-8-15/h6-7,10H,3-5,8-9,15H2,1-2H3. The van der Waals surface area contributed by atoms with Crippen LogP contribution in [-0.4, -0.2) is 40.5 Å². The van der Waals surface area contributed by atoms with Crippen molar-refractivity contribution in [2.24, 2.45) is 5.73 Å². The second-order valence-electron chi connectivity index (χ2n) is 4.52. The molecule has 1 aromatic heterocycles. The number of nitrogens with zero attached hydrogens (tertiary/aromatic N) is 4. The molecule has 0 spiro atoms. The predicted octanol–water partition coefficient (Wildman–Crippen LogP) is 1.49. The van der Waals surface area contributed by atoms with E-state index in [-0.39, 0.29) is 0 Å². The van der Waals surface area contributed by atoms with E-state index in [1.54, 1.807) is 11.8 Å². The van der Waals surface area contributed by atoms with E-state index < -0.39 is 0 Å². The Bertz CT molecular complexity index is 570. The van der Waals surface area contributed by atoms with Crippen molar-refractivity contribution in [2.45, 2.75) is 26.3 Å². The molecule has 0 atom stereocenters. The molecule has 0 bridgehead atoms. The summed E-state index contributed by atoms with van der Waals surface area (Å²) in [6.07, 6.45) is 1.90. The van der Waals surface area contributed by atoms with Gasteiger partial charge in [0.2, 0.25) is 0 Å². The minimum Gasteiger partial charge on any atom is -0.493 e. The van der Waals surface area contributed by atoms with Crippen LogP contribution >= 0.6 is 0 Å². The summed E-state index contributed by atoms with van der Waals surface area (Å²) in [5.74, 6) is 2.10. The zero-order valence-corrected chi connectivity index (χ0v) is 12.5. The molecule has 0 fully saturated rings. The maximum absolute atomic E-state index is 5.51. The first kappa shape index (κ1) is 15.2. The number of methoxy groups -OCH3 is 1. The lowest BCUT2D eigenvalue weighted by Crippen LogP contribution is -2.06. The molecule has 1 heterocycles. The average molecular weight is 291 g/mol. The van der Waals surface area contributed by atoms with Crippen LogP contribution in [-0.2, 0) is 6.54 Å². The van der Waals surface area contributed by atoms with Crippen molar-refractivity contribution in [3.63, 3.8) is 0 Å². The van der Waals surface area contributed by atoms with Gasteiger partial charge in [-0.25, -0.2) is 4.68 Å². The Morgan fingerprint density at radius 3 is 2.81 bits per heavy atom. The third-order valence-corrected chi connectivity index (χ3v) is 3.08. The number of hydrogen-bond acceptors (Lipinski definition) is 6. The van der Waals surface area contributed by atoms with Crippen LogP contribution in [0.1, 0.15) is 19.8 Å². The molecule has 0 saturated carbocycles. The zero-order chi connectivity index (χ0) is 15.1. The van der Waals surface area contributed by atoms with E-state index in [9.17, 15) is 0 Å². The molecule has 0 saturated heterocycles. The monoisotopic (exact) mass is 291 g/mol. The highest BCUT2D eigenvalue weighted by molar-refractivity contribution is 5.60. The van der Waals surface area contributed by atoms with Crippen LogP contribution in [0, 0.1) is 0 Å². The van der Waals surface area contributed by atoms with Crippen molar-refractivity contribution in [1.29, 1.82) is 0 Å². The molecule has 0 aliphatic carbocycles. The third kappa shape index (κ3) is 3.69. The van der Waals surface area contributed by atoms with Crippen LogP contribution < -0.4 is 15.2 Å². The van der Waals surface area contributed by atoms with Gasteiger partial charge >= 0.3 is 0 Å². The molecule has 2 N–H and O–H groups in total. The topological polar surface area (TPSA) is 88.1 Å². The molecule has 7 nitrogen and oxygen atoms in total. The van der Waals surface area contributed by atoms with E-state index in [4.69, 9.17) is 15.2 Å². The number of aryl methyl sites for hydroxylation is 1. The summed E-state index contributed by atoms with van der Waals surface area (Å²) >= 11 is 0. The van der Waals surface area contributed by atoms with Gasteiger partial charge in [0.1, 0.15) is 0 Å². The molecule has 7 heteroatoms. The maximum atomic E-state index is 5.51. The lowest BCUT2D eigenvalue weighted by atomic mass is 10.2. The summed E-state index contributed by atoms with van der Waals surface area (Å²) in [6, 6.07) is 5.69. The SMILES string of the molecule is CCOc1ccc(-c2nnnn2CCCCN)cc1OC. The summed E-state index contributed by atoms with van der Waals surface area (Å²) in [5.41, 5.74) is 6.41. The van der Waals surface area contributed by atoms with Gasteiger partial charge in [0, 0.05) is 12.1 Å². The minimum atomic E-state index is 0.590. The number of aromatic nitrogens is 4. The van der Waals surface area contributed by atoms with Crippen molar-refractivity contribution < 1.29 is 9.47 Å². The average Bonchev–Trinajstić information content (AvgIpc) is 2.97. The number of hydrogen-bond donors (Lipinski definition) is 1. The highest BCUT2D eigenvalue weighted by Crippen LogP contribution is 2.31. The lowest BCUT2D eigenvalue weighted by molar-refractivity contribution is 0.311. The van der Waals surface area contributed by atoms with E-state index in [1.807, 2.05) is 25.1 Å². The molecule has 0 aliphatic rings. The van der Waals surface area contributed by atoms with Gasteiger partial charge in [0.25, 0.3) is 0 Å². The largest absolute Gasteiger partial charge is 0.493 e. The predicted molar refractivity (Wildman–Crippen MR) is 79.3 cm³/mol. The van der Waals surface area contributed by atoms with E-state index in [1.165, 1.54) is 0 Å². The Kier molecular flexibility index (Phi) is 5.51. The minimum absolute atomic E-state index is 0.590. The third-order valence-electron chi connectivity index (χ3n) is 3.08. The second kappa shape index (κ2) is 7.58. The van der Waals surface area contributed by atoms with Gasteiger partial charge in [-0.05, 0) is 54.9 Å². The Labute approximate surface area is 124 Å². The normalized spacial score (nSPS) is 10.6. The van der Waals surface area contributed by atoms with Crippen LogP contribution in [0.4, 0.5) is 0 Å². The quantitative estimate of drug-likeness (QED) is 0.741. The van der Waals surface area contributed by atoms with Crippen LogP contribution in [0.5, 0.6) is 11.5 Å². The Morgan fingerprint density at radius 1 is 1.24 bits per heavy atom. The lowest BCUT2D eigenvalue weighted by Gasteiger charge is -2.11. The molecular formula is C14H21N5O2. The van der Waals surface area contributed by atoms with Gasteiger partial charge < -0.3 is 15.2 Å². The molecule has 0 radical (unpaired) electrons. The maximum Gasteiger partial charge on any atom is 0.182 e. The Balaban J connectivity index is 2.23. The van der Waals surface area contributed by atoms with Crippen LogP contribution in [0.2, 0.25) is 0 Å². The van der Waals surface area contributed by atoms with E-state index >= 15 is 0 Å². The van der Waals surface area contributed by atoms with Crippen molar-refractivity contribution in [3.8, 4) is 22.9 Å². The van der Waals surface area contributed by atoms with Crippen molar-refractivity contribution >= 4 is 0 Å². The fourth-order valence-electron chi connectivity index (χ4n) is 2.05. The zero-order valence-electron chi connectivity index (χ0n) is 12.5. The first-order valence-electron chi connectivity index (χ1n) is 7.07. The molecule has 0 unspecified atom stereocenters. The number of ether oxygens (including phenoxy) is 2. The van der Waals surface area contributed by atoms with Gasteiger partial charge in [0.05, 0.1) is 13.7 Å². The van der Waals surface area contributed by atoms with Crippen LogP contribution in [0.25, 0.3) is 11.4 Å². The van der Waals surface area contributed by atoms with Gasteiger partial charge in [-0.3, -0.25) is 0 Å². The van der Waals surface area contributed by atoms with Gasteiger partial charge in [-0.2, -0.15) is 0 Å². The number of tetrazole rings is 1. The Hall–Kier alpha value is -2.15. The van der Waals surface area contributed by atoms with E-state index in [0.717, 1.165) is 24.9 Å². The Morgan fingerprint density at radius 2 is 2.10 bits per heavy atom. The summed E-state index contributed by atoms with van der Waals surface area (Å²) in [7, 11) is 1.62. The fraction of sp³-hybridized carbons (Fsp3) is 0.500. The first-order valence-corrected chi connectivity index (χ1v) is 7.07. The highest BCUT2D eigenvalue weighted by Gasteiger charge is 2.12. The molecule has 114 valence electrons. The van der Waals surface area contributed by atoms with Gasteiger partial charge in [-0.15, -0.1) is 5.10 Å². The van der Waals surface area contributed by atoms with Crippen molar-refractivity contribution in [1.82, 2.24) is 20.2 Å². The summed E-state index contributed by atoms with van der Waals surface area (Å²) in [4.78, 5) is 0. The van der Waals surface area contributed by atoms with Gasteiger partial charge in [0.15, 0.2) is 17.3 Å². The number of nitrogens with two attached hydrogens (primary N) is 1. The number of benzene rings is 1. The van der Waals surface area contributed by atoms with Crippen LogP contribution in [0.15, 0.2) is 18.2 Å².